The Morgan fingerprint density at radius 1 is 1.27 bits per heavy atom. The van der Waals surface area contributed by atoms with Gasteiger partial charge in [0.15, 0.2) is 0 Å². The molecule has 0 unspecified atom stereocenters. The van der Waals surface area contributed by atoms with Crippen molar-refractivity contribution in [3.8, 4) is 0 Å². The van der Waals surface area contributed by atoms with Crippen molar-refractivity contribution in [2.45, 2.75) is 18.0 Å². The lowest BCUT2D eigenvalue weighted by atomic mass is 10.1. The van der Waals surface area contributed by atoms with Crippen LogP contribution in [0, 0.1) is 0 Å². The molecule has 0 aliphatic heterocycles. The molecule has 0 amide bonds. The van der Waals surface area contributed by atoms with Gasteiger partial charge < -0.3 is 0 Å². The molecule has 82 valence electrons. The number of carbonyl (C=O) groups is 1. The number of benzene rings is 1. The number of carbonyl (C=O) groups excluding carboxylic acids is 1. The summed E-state index contributed by atoms with van der Waals surface area (Å²) in [4.78, 5) is 11.7. The van der Waals surface area contributed by atoms with Gasteiger partial charge >= 0.3 is 6.18 Å². The van der Waals surface area contributed by atoms with Gasteiger partial charge in [-0.15, -0.1) is 11.8 Å². The Morgan fingerprint density at radius 3 is 2.20 bits per heavy atom. The Morgan fingerprint density at radius 2 is 1.80 bits per heavy atom. The first-order chi connectivity index (χ1) is 6.95. The monoisotopic (exact) mass is 234 g/mol. The minimum absolute atomic E-state index is 0.317. The summed E-state index contributed by atoms with van der Waals surface area (Å²) in [6.45, 7) is 1.94. The molecule has 0 atom stereocenters. The molecule has 1 aromatic carbocycles. The van der Waals surface area contributed by atoms with E-state index in [2.05, 4.69) is 0 Å². The van der Waals surface area contributed by atoms with Crippen molar-refractivity contribution in [2.24, 2.45) is 0 Å². The minimum atomic E-state index is -4.79. The number of hydrogen-bond acceptors (Lipinski definition) is 2. The van der Waals surface area contributed by atoms with E-state index in [0.29, 0.717) is 0 Å². The van der Waals surface area contributed by atoms with E-state index in [1.54, 1.807) is 0 Å². The van der Waals surface area contributed by atoms with Crippen LogP contribution in [0.2, 0.25) is 0 Å². The fourth-order valence-corrected chi connectivity index (χ4v) is 1.69. The number of ketones is 1. The molecule has 0 spiro atoms. The van der Waals surface area contributed by atoms with E-state index >= 15 is 0 Å². The van der Waals surface area contributed by atoms with Crippen LogP contribution in [0.3, 0.4) is 0 Å². The molecule has 0 saturated heterocycles. The normalized spacial score (nSPS) is 11.5. The molecule has 0 aliphatic carbocycles. The van der Waals surface area contributed by atoms with Crippen LogP contribution in [0.1, 0.15) is 17.3 Å². The van der Waals surface area contributed by atoms with Gasteiger partial charge in [0, 0.05) is 10.5 Å². The zero-order valence-corrected chi connectivity index (χ0v) is 8.78. The lowest BCUT2D eigenvalue weighted by Gasteiger charge is -2.05. The van der Waals surface area contributed by atoms with Crippen molar-refractivity contribution in [3.05, 3.63) is 29.8 Å². The number of alkyl halides is 3. The molecule has 0 aromatic heterocycles. The zero-order chi connectivity index (χ0) is 11.5. The maximum Gasteiger partial charge on any atom is 0.454 e. The Bertz CT molecular complexity index is 343. The molecule has 5 heteroatoms. The zero-order valence-electron chi connectivity index (χ0n) is 7.97. The molecule has 1 aromatic rings. The molecule has 0 aliphatic rings. The second kappa shape index (κ2) is 4.70. The topological polar surface area (TPSA) is 17.1 Å². The predicted molar refractivity (Wildman–Crippen MR) is 53.2 cm³/mol. The number of hydrogen-bond donors (Lipinski definition) is 0. The third kappa shape index (κ3) is 3.27. The third-order valence-corrected chi connectivity index (χ3v) is 2.58. The van der Waals surface area contributed by atoms with Gasteiger partial charge in [-0.3, -0.25) is 4.79 Å². The highest BCUT2D eigenvalue weighted by atomic mass is 32.2. The summed E-state index contributed by atoms with van der Waals surface area (Å²) in [7, 11) is 0. The van der Waals surface area contributed by atoms with E-state index in [4.69, 9.17) is 0 Å². The van der Waals surface area contributed by atoms with Gasteiger partial charge in [0.05, 0.1) is 0 Å². The lowest BCUT2D eigenvalue weighted by Crippen LogP contribution is -2.22. The maximum atomic E-state index is 12.0. The SMILES string of the molecule is CCSc1ccc(C(=O)C(F)(F)F)cc1. The Hall–Kier alpha value is -0.970. The predicted octanol–water partition coefficient (Wildman–Crippen LogP) is 3.54. The highest BCUT2D eigenvalue weighted by Crippen LogP contribution is 2.23. The molecule has 0 N–H and O–H groups in total. The highest BCUT2D eigenvalue weighted by molar-refractivity contribution is 7.99. The molecule has 0 heterocycles. The summed E-state index contributed by atoms with van der Waals surface area (Å²) in [6, 6.07) is 5.45. The van der Waals surface area contributed by atoms with E-state index < -0.39 is 12.0 Å². The molecule has 0 bridgehead atoms. The van der Waals surface area contributed by atoms with Gasteiger partial charge in [0.2, 0.25) is 0 Å². The summed E-state index contributed by atoms with van der Waals surface area (Å²) in [6.07, 6.45) is -4.79. The fourth-order valence-electron chi connectivity index (χ4n) is 1.03. The molecular weight excluding hydrogens is 225 g/mol. The molecule has 1 nitrogen and oxygen atoms in total. The fraction of sp³-hybridized carbons (Fsp3) is 0.300. The maximum absolute atomic E-state index is 12.0. The van der Waals surface area contributed by atoms with Crippen LogP contribution in [-0.2, 0) is 0 Å². The van der Waals surface area contributed by atoms with Crippen LogP contribution in [0.5, 0.6) is 0 Å². The second-order valence-electron chi connectivity index (χ2n) is 2.78. The largest absolute Gasteiger partial charge is 0.454 e. The summed E-state index contributed by atoms with van der Waals surface area (Å²) < 4.78 is 36.1. The van der Waals surface area contributed by atoms with Crippen molar-refractivity contribution in [3.63, 3.8) is 0 Å². The van der Waals surface area contributed by atoms with E-state index in [1.807, 2.05) is 6.92 Å². The second-order valence-corrected chi connectivity index (χ2v) is 4.12. The van der Waals surface area contributed by atoms with E-state index in [1.165, 1.54) is 36.0 Å². The summed E-state index contributed by atoms with van der Waals surface area (Å²) in [5.41, 5.74) is -0.317. The van der Waals surface area contributed by atoms with Crippen molar-refractivity contribution in [1.29, 1.82) is 0 Å². The van der Waals surface area contributed by atoms with Crippen LogP contribution < -0.4 is 0 Å². The van der Waals surface area contributed by atoms with Crippen molar-refractivity contribution >= 4 is 17.5 Å². The van der Waals surface area contributed by atoms with Crippen LogP contribution in [0.25, 0.3) is 0 Å². The molecular formula is C10H9F3OS. The first-order valence-electron chi connectivity index (χ1n) is 4.29. The molecule has 0 radical (unpaired) electrons. The first-order valence-corrected chi connectivity index (χ1v) is 5.28. The highest BCUT2D eigenvalue weighted by Gasteiger charge is 2.39. The Labute approximate surface area is 89.7 Å². The van der Waals surface area contributed by atoms with Gasteiger partial charge in [-0.2, -0.15) is 13.2 Å². The van der Waals surface area contributed by atoms with Gasteiger partial charge in [-0.25, -0.2) is 0 Å². The van der Waals surface area contributed by atoms with Crippen LogP contribution in [0.4, 0.5) is 13.2 Å². The Kier molecular flexibility index (Phi) is 3.79. The lowest BCUT2D eigenvalue weighted by molar-refractivity contribution is -0.0885. The molecule has 0 saturated carbocycles. The van der Waals surface area contributed by atoms with Crippen molar-refractivity contribution in [1.82, 2.24) is 0 Å². The summed E-state index contributed by atoms with van der Waals surface area (Å²) >= 11 is 1.51. The van der Waals surface area contributed by atoms with Crippen LogP contribution >= 0.6 is 11.8 Å². The average molecular weight is 234 g/mol. The smallest absolute Gasteiger partial charge is 0.284 e. The van der Waals surface area contributed by atoms with Gasteiger partial charge in [0.25, 0.3) is 5.78 Å². The van der Waals surface area contributed by atoms with Gasteiger partial charge in [0.1, 0.15) is 0 Å². The average Bonchev–Trinajstić information content (AvgIpc) is 2.17. The number of Topliss-reactive ketones (excluding diaryl/α,β-unsaturated/α-hetero) is 1. The molecule has 1 rings (SSSR count). The van der Waals surface area contributed by atoms with Gasteiger partial charge in [-0.05, 0) is 30.0 Å². The van der Waals surface area contributed by atoms with Gasteiger partial charge in [-0.1, -0.05) is 6.92 Å². The van der Waals surface area contributed by atoms with Crippen molar-refractivity contribution in [2.75, 3.05) is 5.75 Å². The van der Waals surface area contributed by atoms with E-state index in [0.717, 1.165) is 10.6 Å². The summed E-state index contributed by atoms with van der Waals surface area (Å²) in [5.74, 6) is -0.956. The molecule has 15 heavy (non-hydrogen) atoms. The Balaban J connectivity index is 2.85. The summed E-state index contributed by atoms with van der Waals surface area (Å²) in [5, 5.41) is 0. The molecule has 0 fully saturated rings. The van der Waals surface area contributed by atoms with Crippen LogP contribution in [-0.4, -0.2) is 17.7 Å². The third-order valence-electron chi connectivity index (χ3n) is 1.68. The first kappa shape index (κ1) is 12.1. The minimum Gasteiger partial charge on any atom is -0.284 e. The quantitative estimate of drug-likeness (QED) is 0.587. The standard InChI is InChI=1S/C10H9F3OS/c1-2-15-8-5-3-7(4-6-8)9(14)10(11,12)13/h3-6H,2H2,1H3. The number of halogens is 3. The van der Waals surface area contributed by atoms with Crippen molar-refractivity contribution < 1.29 is 18.0 Å². The van der Waals surface area contributed by atoms with E-state index in [9.17, 15) is 18.0 Å². The number of rotatable bonds is 3. The van der Waals surface area contributed by atoms with Crippen LogP contribution in [0.15, 0.2) is 29.2 Å². The van der Waals surface area contributed by atoms with E-state index in [-0.39, 0.29) is 5.56 Å². The number of thioether (sulfide) groups is 1.